The molecule has 1 aromatic rings. The number of aromatic nitrogens is 2. The number of nitrogen functional groups attached to an aromatic ring is 1. The number of rotatable bonds is 3. The van der Waals surface area contributed by atoms with Crippen molar-refractivity contribution in [1.29, 1.82) is 0 Å². The molecule has 13 heavy (non-hydrogen) atoms. The maximum Gasteiger partial charge on any atom is 0.330 e. The summed E-state index contributed by atoms with van der Waals surface area (Å²) in [5.41, 5.74) is 5.39. The van der Waals surface area contributed by atoms with E-state index in [9.17, 15) is 10.1 Å². The highest BCUT2D eigenvalue weighted by Gasteiger charge is 2.17. The maximum atomic E-state index is 10.4. The van der Waals surface area contributed by atoms with Gasteiger partial charge < -0.3 is 5.73 Å². The van der Waals surface area contributed by atoms with Crippen LogP contribution in [0.3, 0.4) is 0 Å². The molecule has 0 amide bonds. The first kappa shape index (κ1) is 9.50. The predicted octanol–water partition coefficient (Wildman–Crippen LogP) is 1.03. The van der Waals surface area contributed by atoms with E-state index in [1.165, 1.54) is 10.9 Å². The van der Waals surface area contributed by atoms with Crippen molar-refractivity contribution in [3.8, 4) is 0 Å². The lowest BCUT2D eigenvalue weighted by molar-refractivity contribution is -0.384. The Morgan fingerprint density at radius 2 is 2.38 bits per heavy atom. The molecule has 0 spiro atoms. The fraction of sp³-hybridized carbons (Fsp3) is 0.571. The van der Waals surface area contributed by atoms with E-state index in [0.29, 0.717) is 12.5 Å². The minimum absolute atomic E-state index is 0.124. The summed E-state index contributed by atoms with van der Waals surface area (Å²) in [5, 5.41) is 14.2. The molecule has 0 radical (unpaired) electrons. The molecular weight excluding hydrogens is 172 g/mol. The molecule has 0 unspecified atom stereocenters. The van der Waals surface area contributed by atoms with Crippen molar-refractivity contribution in [2.75, 3.05) is 5.73 Å². The Kier molecular flexibility index (Phi) is 2.50. The normalized spacial score (nSPS) is 10.7. The summed E-state index contributed by atoms with van der Waals surface area (Å²) in [6, 6.07) is 0. The van der Waals surface area contributed by atoms with Gasteiger partial charge in [-0.1, -0.05) is 13.8 Å². The first-order chi connectivity index (χ1) is 6.02. The van der Waals surface area contributed by atoms with Crippen molar-refractivity contribution in [3.05, 3.63) is 16.3 Å². The highest BCUT2D eigenvalue weighted by molar-refractivity contribution is 5.51. The third kappa shape index (κ3) is 1.95. The molecule has 0 fully saturated rings. The van der Waals surface area contributed by atoms with E-state index in [-0.39, 0.29) is 11.5 Å². The van der Waals surface area contributed by atoms with Gasteiger partial charge >= 0.3 is 5.69 Å². The second-order valence-electron chi connectivity index (χ2n) is 3.25. The fourth-order valence-electron chi connectivity index (χ4n) is 1.02. The molecule has 1 heterocycles. The molecule has 0 saturated heterocycles. The van der Waals surface area contributed by atoms with Crippen LogP contribution in [0.1, 0.15) is 13.8 Å². The SMILES string of the molecule is CC(C)Cn1ncc([N+](=O)[O-])c1N. The molecule has 0 atom stereocenters. The lowest BCUT2D eigenvalue weighted by Gasteiger charge is -2.05. The Balaban J connectivity index is 2.93. The van der Waals surface area contributed by atoms with Crippen LogP contribution >= 0.6 is 0 Å². The van der Waals surface area contributed by atoms with Crippen LogP contribution in [-0.4, -0.2) is 14.7 Å². The summed E-state index contributed by atoms with van der Waals surface area (Å²) in [6.07, 6.45) is 1.18. The topological polar surface area (TPSA) is 87.0 Å². The molecule has 2 N–H and O–H groups in total. The van der Waals surface area contributed by atoms with Crippen LogP contribution in [-0.2, 0) is 6.54 Å². The van der Waals surface area contributed by atoms with Crippen molar-refractivity contribution >= 4 is 11.5 Å². The van der Waals surface area contributed by atoms with Crippen LogP contribution in [0.25, 0.3) is 0 Å². The van der Waals surface area contributed by atoms with E-state index >= 15 is 0 Å². The zero-order chi connectivity index (χ0) is 10.0. The van der Waals surface area contributed by atoms with Crippen LogP contribution in [0.4, 0.5) is 11.5 Å². The van der Waals surface area contributed by atoms with E-state index in [1.807, 2.05) is 13.8 Å². The second kappa shape index (κ2) is 3.42. The molecule has 0 aromatic carbocycles. The molecule has 6 nitrogen and oxygen atoms in total. The lowest BCUT2D eigenvalue weighted by Crippen LogP contribution is -2.09. The Morgan fingerprint density at radius 1 is 1.77 bits per heavy atom. The van der Waals surface area contributed by atoms with Crippen LogP contribution in [0.2, 0.25) is 0 Å². The van der Waals surface area contributed by atoms with Gasteiger partial charge in [0.1, 0.15) is 6.20 Å². The summed E-state index contributed by atoms with van der Waals surface area (Å²) in [5.74, 6) is 0.487. The quantitative estimate of drug-likeness (QED) is 0.561. The fourth-order valence-corrected chi connectivity index (χ4v) is 1.02. The highest BCUT2D eigenvalue weighted by Crippen LogP contribution is 2.20. The van der Waals surface area contributed by atoms with E-state index in [0.717, 1.165) is 0 Å². The standard InChI is InChI=1S/C7H12N4O2/c1-5(2)4-10-7(8)6(3-9-10)11(12)13/h3,5H,4,8H2,1-2H3. The van der Waals surface area contributed by atoms with Gasteiger partial charge in [0.05, 0.1) is 4.92 Å². The van der Waals surface area contributed by atoms with Crippen molar-refractivity contribution in [3.63, 3.8) is 0 Å². The Hall–Kier alpha value is -1.59. The third-order valence-electron chi connectivity index (χ3n) is 1.59. The largest absolute Gasteiger partial charge is 0.378 e. The molecule has 0 saturated carbocycles. The van der Waals surface area contributed by atoms with E-state index < -0.39 is 4.92 Å². The van der Waals surface area contributed by atoms with Crippen LogP contribution in [0.5, 0.6) is 0 Å². The first-order valence-electron chi connectivity index (χ1n) is 3.98. The molecule has 72 valence electrons. The van der Waals surface area contributed by atoms with Crippen molar-refractivity contribution in [2.45, 2.75) is 20.4 Å². The van der Waals surface area contributed by atoms with Crippen molar-refractivity contribution in [1.82, 2.24) is 9.78 Å². The van der Waals surface area contributed by atoms with Gasteiger partial charge in [-0.15, -0.1) is 0 Å². The van der Waals surface area contributed by atoms with Gasteiger partial charge in [0, 0.05) is 6.54 Å². The molecule has 0 aliphatic rings. The number of nitro groups is 1. The van der Waals surface area contributed by atoms with Gasteiger partial charge in [0.25, 0.3) is 0 Å². The van der Waals surface area contributed by atoms with Gasteiger partial charge in [-0.2, -0.15) is 5.10 Å². The molecule has 1 rings (SSSR count). The summed E-state index contributed by atoms with van der Waals surface area (Å²) in [6.45, 7) is 4.58. The Bertz CT molecular complexity index is 318. The van der Waals surface area contributed by atoms with Crippen LogP contribution in [0, 0.1) is 16.0 Å². The predicted molar refractivity (Wildman–Crippen MR) is 48.1 cm³/mol. The number of hydrogen-bond donors (Lipinski definition) is 1. The molecule has 0 aliphatic carbocycles. The summed E-state index contributed by atoms with van der Waals surface area (Å²) in [4.78, 5) is 9.86. The second-order valence-corrected chi connectivity index (χ2v) is 3.25. The third-order valence-corrected chi connectivity index (χ3v) is 1.59. The lowest BCUT2D eigenvalue weighted by atomic mass is 10.2. The summed E-state index contributed by atoms with van der Waals surface area (Å²) >= 11 is 0. The summed E-state index contributed by atoms with van der Waals surface area (Å²) < 4.78 is 1.45. The van der Waals surface area contributed by atoms with E-state index in [1.54, 1.807) is 0 Å². The molecule has 0 bridgehead atoms. The monoisotopic (exact) mass is 184 g/mol. The Morgan fingerprint density at radius 3 is 2.77 bits per heavy atom. The van der Waals surface area contributed by atoms with Crippen LogP contribution < -0.4 is 5.73 Å². The smallest absolute Gasteiger partial charge is 0.330 e. The first-order valence-corrected chi connectivity index (χ1v) is 3.98. The number of anilines is 1. The van der Waals surface area contributed by atoms with Gasteiger partial charge in [-0.05, 0) is 5.92 Å². The number of nitrogens with zero attached hydrogens (tertiary/aromatic N) is 3. The number of hydrogen-bond acceptors (Lipinski definition) is 4. The van der Waals surface area contributed by atoms with Gasteiger partial charge in [-0.3, -0.25) is 10.1 Å². The molecular formula is C7H12N4O2. The van der Waals surface area contributed by atoms with Gasteiger partial charge in [0.2, 0.25) is 5.82 Å². The number of nitrogens with two attached hydrogens (primary N) is 1. The molecule has 0 aliphatic heterocycles. The van der Waals surface area contributed by atoms with Gasteiger partial charge in [-0.25, -0.2) is 4.68 Å². The van der Waals surface area contributed by atoms with Crippen molar-refractivity contribution in [2.24, 2.45) is 5.92 Å². The zero-order valence-corrected chi connectivity index (χ0v) is 7.60. The van der Waals surface area contributed by atoms with E-state index in [2.05, 4.69) is 5.10 Å². The summed E-state index contributed by atoms with van der Waals surface area (Å²) in [7, 11) is 0. The minimum atomic E-state index is -0.529. The van der Waals surface area contributed by atoms with Crippen LogP contribution in [0.15, 0.2) is 6.20 Å². The van der Waals surface area contributed by atoms with Gasteiger partial charge in [0.15, 0.2) is 0 Å². The average molecular weight is 184 g/mol. The highest BCUT2D eigenvalue weighted by atomic mass is 16.6. The zero-order valence-electron chi connectivity index (χ0n) is 7.60. The maximum absolute atomic E-state index is 10.4. The average Bonchev–Trinajstić information content (AvgIpc) is 2.32. The van der Waals surface area contributed by atoms with E-state index in [4.69, 9.17) is 5.73 Å². The Labute approximate surface area is 75.5 Å². The minimum Gasteiger partial charge on any atom is -0.378 e. The molecule has 6 heteroatoms. The molecule has 1 aromatic heterocycles. The van der Waals surface area contributed by atoms with Crippen molar-refractivity contribution < 1.29 is 4.92 Å².